The lowest BCUT2D eigenvalue weighted by Gasteiger charge is -2.21. The summed E-state index contributed by atoms with van der Waals surface area (Å²) in [7, 11) is 5.96. The number of nitrogens with one attached hydrogen (secondary N) is 1. The van der Waals surface area contributed by atoms with Crippen LogP contribution in [-0.4, -0.2) is 61.2 Å². The number of carboxylic acids is 1. The molecule has 3 rings (SSSR count). The first-order valence-corrected chi connectivity index (χ1v) is 10.7. The number of carboxylic acid groups (broad SMARTS) is 1. The fourth-order valence-corrected chi connectivity index (χ4v) is 3.53. The van der Waals surface area contributed by atoms with Crippen LogP contribution in [0.15, 0.2) is 66.7 Å². The molecule has 0 saturated heterocycles. The van der Waals surface area contributed by atoms with Gasteiger partial charge in [-0.2, -0.15) is 0 Å². The minimum absolute atomic E-state index is 0.0283. The van der Waals surface area contributed by atoms with Gasteiger partial charge < -0.3 is 25.3 Å². The zero-order chi connectivity index (χ0) is 24.0. The number of phenols is 1. The molecule has 1 amide bonds. The van der Waals surface area contributed by atoms with E-state index < -0.39 is 11.9 Å². The fourth-order valence-electron chi connectivity index (χ4n) is 3.53. The number of hydrogen-bond acceptors (Lipinski definition) is 5. The van der Waals surface area contributed by atoms with E-state index in [9.17, 15) is 19.8 Å². The molecule has 0 aliphatic carbocycles. The van der Waals surface area contributed by atoms with Crippen molar-refractivity contribution in [2.45, 2.75) is 6.42 Å². The number of anilines is 2. The molecule has 0 bridgehead atoms. The van der Waals surface area contributed by atoms with Gasteiger partial charge in [0.1, 0.15) is 5.75 Å². The maximum Gasteiger partial charge on any atom is 0.337 e. The van der Waals surface area contributed by atoms with Gasteiger partial charge in [0.15, 0.2) is 0 Å². The molecule has 7 heteroatoms. The maximum absolute atomic E-state index is 13.0. The molecule has 0 aliphatic rings. The molecule has 0 spiro atoms. The molecule has 0 fully saturated rings. The largest absolute Gasteiger partial charge is 0.507 e. The summed E-state index contributed by atoms with van der Waals surface area (Å²) in [6.45, 7) is 1.72. The van der Waals surface area contributed by atoms with Crippen molar-refractivity contribution in [1.29, 1.82) is 0 Å². The van der Waals surface area contributed by atoms with Crippen molar-refractivity contribution in [1.82, 2.24) is 4.90 Å². The zero-order valence-electron chi connectivity index (χ0n) is 19.1. The minimum Gasteiger partial charge on any atom is -0.507 e. The lowest BCUT2D eigenvalue weighted by Crippen LogP contribution is -2.23. The fraction of sp³-hybridized carbons (Fsp3) is 0.231. The maximum atomic E-state index is 13.0. The summed E-state index contributed by atoms with van der Waals surface area (Å²) >= 11 is 0. The Bertz CT molecular complexity index is 1130. The summed E-state index contributed by atoms with van der Waals surface area (Å²) in [6, 6.07) is 19.1. The van der Waals surface area contributed by atoms with Crippen molar-refractivity contribution in [3.63, 3.8) is 0 Å². The molecule has 0 saturated carbocycles. The summed E-state index contributed by atoms with van der Waals surface area (Å²) in [6.07, 6.45) is 0.945. The van der Waals surface area contributed by atoms with E-state index in [0.29, 0.717) is 0 Å². The normalized spacial score (nSPS) is 10.8. The highest BCUT2D eigenvalue weighted by Gasteiger charge is 2.18. The molecule has 3 aromatic rings. The number of aromatic hydroxyl groups is 1. The van der Waals surface area contributed by atoms with Crippen LogP contribution in [0.3, 0.4) is 0 Å². The molecule has 172 valence electrons. The van der Waals surface area contributed by atoms with Crippen molar-refractivity contribution in [3.8, 4) is 16.9 Å². The van der Waals surface area contributed by atoms with Crippen LogP contribution < -0.4 is 10.2 Å². The van der Waals surface area contributed by atoms with Gasteiger partial charge in [-0.05, 0) is 68.5 Å². The second kappa shape index (κ2) is 10.7. The number of rotatable bonds is 9. The molecule has 3 aromatic carbocycles. The number of aromatic carboxylic acids is 1. The van der Waals surface area contributed by atoms with E-state index in [2.05, 4.69) is 10.2 Å². The summed E-state index contributed by atoms with van der Waals surface area (Å²) < 4.78 is 0. The molecule has 33 heavy (non-hydrogen) atoms. The number of phenolic OH excluding ortho intramolecular Hbond substituents is 1. The molecule has 7 nitrogen and oxygen atoms in total. The van der Waals surface area contributed by atoms with Crippen molar-refractivity contribution in [2.75, 3.05) is 44.4 Å². The summed E-state index contributed by atoms with van der Waals surface area (Å²) in [4.78, 5) is 28.9. The molecular weight excluding hydrogens is 418 g/mol. The van der Waals surface area contributed by atoms with E-state index in [1.54, 1.807) is 24.3 Å². The topological polar surface area (TPSA) is 93.1 Å². The first-order valence-electron chi connectivity index (χ1n) is 10.7. The Morgan fingerprint density at radius 2 is 1.58 bits per heavy atom. The number of carbonyl (C=O) groups is 2. The Balaban J connectivity index is 1.86. The van der Waals surface area contributed by atoms with Crippen molar-refractivity contribution in [3.05, 3.63) is 77.9 Å². The molecule has 0 radical (unpaired) electrons. The van der Waals surface area contributed by atoms with Crippen LogP contribution in [0.1, 0.15) is 27.1 Å². The van der Waals surface area contributed by atoms with E-state index in [0.717, 1.165) is 36.3 Å². The van der Waals surface area contributed by atoms with Crippen LogP contribution in [0.2, 0.25) is 0 Å². The van der Waals surface area contributed by atoms with E-state index in [-0.39, 0.29) is 22.6 Å². The van der Waals surface area contributed by atoms with Crippen LogP contribution >= 0.6 is 0 Å². The van der Waals surface area contributed by atoms with Gasteiger partial charge in [0.2, 0.25) is 0 Å². The molecular formula is C26H29N3O4. The van der Waals surface area contributed by atoms with Crippen LogP contribution in [0.4, 0.5) is 11.4 Å². The Labute approximate surface area is 193 Å². The second-order valence-corrected chi connectivity index (χ2v) is 8.17. The van der Waals surface area contributed by atoms with Crippen LogP contribution in [0.5, 0.6) is 5.75 Å². The highest BCUT2D eigenvalue weighted by Crippen LogP contribution is 2.28. The number of nitrogens with zero attached hydrogens (tertiary/aromatic N) is 2. The average molecular weight is 448 g/mol. The third kappa shape index (κ3) is 6.11. The van der Waals surface area contributed by atoms with Gasteiger partial charge in [-0.25, -0.2) is 4.79 Å². The Morgan fingerprint density at radius 3 is 2.24 bits per heavy atom. The third-order valence-corrected chi connectivity index (χ3v) is 5.37. The smallest absolute Gasteiger partial charge is 0.337 e. The monoisotopic (exact) mass is 447 g/mol. The average Bonchev–Trinajstić information content (AvgIpc) is 2.79. The van der Waals surface area contributed by atoms with Crippen LogP contribution in [-0.2, 0) is 0 Å². The molecule has 0 heterocycles. The molecule has 0 atom stereocenters. The summed E-state index contributed by atoms with van der Waals surface area (Å²) in [5.74, 6) is -1.90. The Morgan fingerprint density at radius 1 is 0.848 bits per heavy atom. The van der Waals surface area contributed by atoms with Crippen molar-refractivity contribution in [2.24, 2.45) is 0 Å². The van der Waals surface area contributed by atoms with Crippen molar-refractivity contribution < 1.29 is 19.8 Å². The summed E-state index contributed by atoms with van der Waals surface area (Å²) in [5, 5.41) is 22.6. The first kappa shape index (κ1) is 23.8. The quantitative estimate of drug-likeness (QED) is 0.450. The van der Waals surface area contributed by atoms with Gasteiger partial charge in [0.05, 0.1) is 16.8 Å². The Hall–Kier alpha value is -3.84. The SMILES string of the molecule is CN(C)CCCN(C)c1ccc(O)c(C(=O)Nc2cc(-c3ccccc3)ccc2C(=O)O)c1. The predicted molar refractivity (Wildman–Crippen MR) is 131 cm³/mol. The first-order chi connectivity index (χ1) is 15.8. The van der Waals surface area contributed by atoms with E-state index in [1.807, 2.05) is 56.4 Å². The van der Waals surface area contributed by atoms with Gasteiger partial charge in [0, 0.05) is 19.3 Å². The molecule has 0 aliphatic heterocycles. The van der Waals surface area contributed by atoms with Crippen LogP contribution in [0, 0.1) is 0 Å². The molecule has 3 N–H and O–H groups in total. The third-order valence-electron chi connectivity index (χ3n) is 5.37. The van der Waals surface area contributed by atoms with E-state index in [1.165, 1.54) is 12.1 Å². The van der Waals surface area contributed by atoms with Gasteiger partial charge >= 0.3 is 5.97 Å². The van der Waals surface area contributed by atoms with Gasteiger partial charge in [-0.1, -0.05) is 36.4 Å². The lowest BCUT2D eigenvalue weighted by molar-refractivity contribution is 0.0698. The highest BCUT2D eigenvalue weighted by molar-refractivity contribution is 6.10. The number of hydrogen-bond donors (Lipinski definition) is 3. The Kier molecular flexibility index (Phi) is 7.69. The highest BCUT2D eigenvalue weighted by atomic mass is 16.4. The van der Waals surface area contributed by atoms with Crippen LogP contribution in [0.25, 0.3) is 11.1 Å². The lowest BCUT2D eigenvalue weighted by atomic mass is 10.0. The molecule has 0 aromatic heterocycles. The minimum atomic E-state index is -1.15. The zero-order valence-corrected chi connectivity index (χ0v) is 19.1. The standard InChI is InChI=1S/C26H29N3O4/c1-28(2)14-7-15-29(3)20-11-13-24(30)22(17-20)25(31)27-23-16-19(10-12-21(23)26(32)33)18-8-5-4-6-9-18/h4-6,8-13,16-17,30H,7,14-15H2,1-3H3,(H,27,31)(H,32,33). The molecule has 0 unspecified atom stereocenters. The summed E-state index contributed by atoms with van der Waals surface area (Å²) in [5.41, 5.74) is 2.67. The van der Waals surface area contributed by atoms with Gasteiger partial charge in [-0.15, -0.1) is 0 Å². The number of benzene rings is 3. The van der Waals surface area contributed by atoms with Gasteiger partial charge in [-0.3, -0.25) is 4.79 Å². The predicted octanol–water partition coefficient (Wildman–Crippen LogP) is 4.40. The van der Waals surface area contributed by atoms with E-state index in [4.69, 9.17) is 0 Å². The van der Waals surface area contributed by atoms with Crippen molar-refractivity contribution >= 4 is 23.3 Å². The second-order valence-electron chi connectivity index (χ2n) is 8.17. The van der Waals surface area contributed by atoms with Gasteiger partial charge in [0.25, 0.3) is 5.91 Å². The number of carbonyl (C=O) groups excluding carboxylic acids is 1. The number of amides is 1. The van der Waals surface area contributed by atoms with E-state index >= 15 is 0 Å².